The molecular weight excluding hydrogens is 298 g/mol. The third-order valence-electron chi connectivity index (χ3n) is 4.79. The fraction of sp³-hybridized carbons (Fsp3) is 0.632. The average Bonchev–Trinajstić information content (AvgIpc) is 3.05. The highest BCUT2D eigenvalue weighted by Gasteiger charge is 2.22. The van der Waals surface area contributed by atoms with E-state index in [-0.39, 0.29) is 0 Å². The molecule has 5 nitrogen and oxygen atoms in total. The molecule has 0 radical (unpaired) electrons. The van der Waals surface area contributed by atoms with E-state index >= 15 is 0 Å². The van der Waals surface area contributed by atoms with Crippen LogP contribution in [0.15, 0.2) is 29.3 Å². The number of nitrogens with one attached hydrogen (secondary N) is 2. The van der Waals surface area contributed by atoms with Crippen LogP contribution in [-0.2, 0) is 6.42 Å². The van der Waals surface area contributed by atoms with Crippen molar-refractivity contribution in [3.8, 4) is 0 Å². The normalized spacial score (nSPS) is 18.7. The smallest absolute Gasteiger partial charge is 0.191 e. The first-order valence-electron chi connectivity index (χ1n) is 9.09. The first-order valence-corrected chi connectivity index (χ1v) is 9.09. The minimum atomic E-state index is 0.645. The van der Waals surface area contributed by atoms with Crippen LogP contribution in [0.5, 0.6) is 0 Å². The number of rotatable bonds is 7. The second-order valence-corrected chi connectivity index (χ2v) is 6.62. The van der Waals surface area contributed by atoms with Gasteiger partial charge in [-0.15, -0.1) is 0 Å². The van der Waals surface area contributed by atoms with Gasteiger partial charge in [0.25, 0.3) is 0 Å². The summed E-state index contributed by atoms with van der Waals surface area (Å²) in [6.45, 7) is 6.49. The van der Waals surface area contributed by atoms with Gasteiger partial charge in [0.1, 0.15) is 0 Å². The Bertz CT molecular complexity index is 509. The van der Waals surface area contributed by atoms with Crippen LogP contribution >= 0.6 is 0 Å². The van der Waals surface area contributed by atoms with Gasteiger partial charge in [-0.2, -0.15) is 0 Å². The van der Waals surface area contributed by atoms with Crippen molar-refractivity contribution in [2.45, 2.75) is 32.2 Å². The van der Waals surface area contributed by atoms with Crippen molar-refractivity contribution >= 4 is 11.6 Å². The van der Waals surface area contributed by atoms with E-state index < -0.39 is 0 Å². The molecule has 0 aromatic heterocycles. The van der Waals surface area contributed by atoms with Gasteiger partial charge in [0, 0.05) is 46.0 Å². The quantitative estimate of drug-likeness (QED) is 0.592. The summed E-state index contributed by atoms with van der Waals surface area (Å²) in [7, 11) is 5.97. The maximum atomic E-state index is 4.34. The van der Waals surface area contributed by atoms with Gasteiger partial charge < -0.3 is 15.5 Å². The fourth-order valence-electron chi connectivity index (χ4n) is 3.26. The molecule has 134 valence electrons. The summed E-state index contributed by atoms with van der Waals surface area (Å²) >= 11 is 0. The molecule has 1 saturated heterocycles. The van der Waals surface area contributed by atoms with Gasteiger partial charge in [-0.3, -0.25) is 9.89 Å². The van der Waals surface area contributed by atoms with Crippen molar-refractivity contribution in [1.82, 2.24) is 15.5 Å². The van der Waals surface area contributed by atoms with Gasteiger partial charge in [0.2, 0.25) is 0 Å². The lowest BCUT2D eigenvalue weighted by molar-refractivity contribution is 0.267. The number of guanidine groups is 1. The predicted octanol–water partition coefficient (Wildman–Crippen LogP) is 1.94. The van der Waals surface area contributed by atoms with Gasteiger partial charge in [0.05, 0.1) is 0 Å². The maximum Gasteiger partial charge on any atom is 0.191 e. The second kappa shape index (κ2) is 9.52. The number of hydrogen-bond acceptors (Lipinski definition) is 3. The van der Waals surface area contributed by atoms with E-state index in [1.807, 2.05) is 7.05 Å². The molecule has 1 aromatic carbocycles. The standard InChI is InChI=1S/C19H33N5/c1-5-24-14-6-7-18(24)15-22-19(20-2)21-13-12-16-8-10-17(11-9-16)23(3)4/h8-11,18H,5-7,12-15H2,1-4H3,(H2,20,21,22). The van der Waals surface area contributed by atoms with Crippen LogP contribution in [-0.4, -0.2) is 64.2 Å². The topological polar surface area (TPSA) is 42.9 Å². The Kier molecular flexibility index (Phi) is 7.37. The zero-order valence-corrected chi connectivity index (χ0v) is 15.7. The van der Waals surface area contributed by atoms with Gasteiger partial charge in [0.15, 0.2) is 5.96 Å². The Balaban J connectivity index is 1.71. The Morgan fingerprint density at radius 2 is 2.00 bits per heavy atom. The zero-order chi connectivity index (χ0) is 17.4. The Labute approximate surface area is 147 Å². The lowest BCUT2D eigenvalue weighted by atomic mass is 10.1. The minimum absolute atomic E-state index is 0.645. The molecule has 0 bridgehead atoms. The highest BCUT2D eigenvalue weighted by Crippen LogP contribution is 2.15. The summed E-state index contributed by atoms with van der Waals surface area (Å²) in [4.78, 5) is 9.01. The fourth-order valence-corrected chi connectivity index (χ4v) is 3.26. The van der Waals surface area contributed by atoms with E-state index in [4.69, 9.17) is 0 Å². The van der Waals surface area contributed by atoms with Crippen molar-refractivity contribution in [3.05, 3.63) is 29.8 Å². The molecule has 24 heavy (non-hydrogen) atoms. The molecule has 0 aliphatic carbocycles. The second-order valence-electron chi connectivity index (χ2n) is 6.62. The molecule has 1 heterocycles. The van der Waals surface area contributed by atoms with Crippen molar-refractivity contribution in [2.75, 3.05) is 52.2 Å². The van der Waals surface area contributed by atoms with Crippen molar-refractivity contribution in [1.29, 1.82) is 0 Å². The van der Waals surface area contributed by atoms with Crippen LogP contribution in [0.1, 0.15) is 25.3 Å². The number of nitrogens with zero attached hydrogens (tertiary/aromatic N) is 3. The summed E-state index contributed by atoms with van der Waals surface area (Å²) < 4.78 is 0. The molecule has 0 saturated carbocycles. The molecule has 5 heteroatoms. The molecule has 1 unspecified atom stereocenters. The molecule has 2 N–H and O–H groups in total. The van der Waals surface area contributed by atoms with Crippen LogP contribution in [0.3, 0.4) is 0 Å². The third kappa shape index (κ3) is 5.41. The van der Waals surface area contributed by atoms with Gasteiger partial charge >= 0.3 is 0 Å². The predicted molar refractivity (Wildman–Crippen MR) is 104 cm³/mol. The van der Waals surface area contributed by atoms with Crippen molar-refractivity contribution < 1.29 is 0 Å². The zero-order valence-electron chi connectivity index (χ0n) is 15.7. The van der Waals surface area contributed by atoms with E-state index in [9.17, 15) is 0 Å². The summed E-state index contributed by atoms with van der Waals surface area (Å²) in [5, 5.41) is 6.90. The summed E-state index contributed by atoms with van der Waals surface area (Å²) in [5.74, 6) is 0.905. The van der Waals surface area contributed by atoms with Crippen LogP contribution in [0.2, 0.25) is 0 Å². The van der Waals surface area contributed by atoms with E-state index in [1.54, 1.807) is 0 Å². The van der Waals surface area contributed by atoms with Crippen LogP contribution < -0.4 is 15.5 Å². The number of benzene rings is 1. The van der Waals surface area contributed by atoms with Gasteiger partial charge in [-0.25, -0.2) is 0 Å². The summed E-state index contributed by atoms with van der Waals surface area (Å²) in [5.41, 5.74) is 2.58. The van der Waals surface area contributed by atoms with Crippen molar-refractivity contribution in [3.63, 3.8) is 0 Å². The molecule has 1 aromatic rings. The van der Waals surface area contributed by atoms with Crippen molar-refractivity contribution in [2.24, 2.45) is 4.99 Å². The van der Waals surface area contributed by atoms with E-state index in [1.165, 1.54) is 30.6 Å². The molecule has 2 rings (SSSR count). The summed E-state index contributed by atoms with van der Waals surface area (Å²) in [6.07, 6.45) is 3.60. The molecule has 1 aliphatic heterocycles. The molecular formula is C19H33N5. The number of aliphatic imine (C=N–C) groups is 1. The van der Waals surface area contributed by atoms with E-state index in [2.05, 4.69) is 70.7 Å². The van der Waals surface area contributed by atoms with E-state index in [0.29, 0.717) is 6.04 Å². The lowest BCUT2D eigenvalue weighted by Gasteiger charge is -2.24. The number of hydrogen-bond donors (Lipinski definition) is 2. The molecule has 1 fully saturated rings. The highest BCUT2D eigenvalue weighted by molar-refractivity contribution is 5.79. The molecule has 0 spiro atoms. The number of likely N-dealkylation sites (N-methyl/N-ethyl adjacent to an activating group) is 1. The number of anilines is 1. The minimum Gasteiger partial charge on any atom is -0.378 e. The molecule has 0 amide bonds. The average molecular weight is 332 g/mol. The molecule has 1 atom stereocenters. The van der Waals surface area contributed by atoms with Crippen LogP contribution in [0.25, 0.3) is 0 Å². The van der Waals surface area contributed by atoms with Crippen LogP contribution in [0, 0.1) is 0 Å². The first-order chi connectivity index (χ1) is 11.6. The van der Waals surface area contributed by atoms with Gasteiger partial charge in [-0.05, 0) is 50.0 Å². The first kappa shape index (κ1) is 18.6. The Morgan fingerprint density at radius 3 is 2.62 bits per heavy atom. The summed E-state index contributed by atoms with van der Waals surface area (Å²) in [6, 6.07) is 9.38. The Morgan fingerprint density at radius 1 is 1.25 bits per heavy atom. The lowest BCUT2D eigenvalue weighted by Crippen LogP contribution is -2.45. The van der Waals surface area contributed by atoms with E-state index in [0.717, 1.165) is 32.0 Å². The SMILES string of the molecule is CCN1CCCC1CNC(=NC)NCCc1ccc(N(C)C)cc1. The maximum absolute atomic E-state index is 4.34. The van der Waals surface area contributed by atoms with Gasteiger partial charge in [-0.1, -0.05) is 19.1 Å². The monoisotopic (exact) mass is 331 g/mol. The Hall–Kier alpha value is -1.75. The highest BCUT2D eigenvalue weighted by atomic mass is 15.2. The third-order valence-corrected chi connectivity index (χ3v) is 4.79. The molecule has 1 aliphatic rings. The largest absolute Gasteiger partial charge is 0.378 e. The van der Waals surface area contributed by atoms with Crippen LogP contribution in [0.4, 0.5) is 5.69 Å². The number of likely N-dealkylation sites (tertiary alicyclic amines) is 1.